The molecule has 0 saturated carbocycles. The van der Waals surface area contributed by atoms with Crippen molar-refractivity contribution in [2.45, 2.75) is 13.0 Å². The van der Waals surface area contributed by atoms with Gasteiger partial charge in [0.05, 0.1) is 17.6 Å². The summed E-state index contributed by atoms with van der Waals surface area (Å²) >= 11 is 1.56. The van der Waals surface area contributed by atoms with E-state index in [9.17, 15) is 4.79 Å². The van der Waals surface area contributed by atoms with Crippen LogP contribution in [0.15, 0.2) is 5.51 Å². The molecule has 0 radical (unpaired) electrons. The van der Waals surface area contributed by atoms with Gasteiger partial charge in [0.2, 0.25) is 0 Å². The molecule has 0 spiro atoms. The van der Waals surface area contributed by atoms with Gasteiger partial charge in [0.25, 0.3) is 0 Å². The minimum absolute atomic E-state index is 0.0343. The maximum Gasteiger partial charge on any atom is 0.309 e. The summed E-state index contributed by atoms with van der Waals surface area (Å²) in [5.74, 6) is -0.810. The number of hydrogen-bond donors (Lipinski definition) is 1. The van der Waals surface area contributed by atoms with Gasteiger partial charge in [0.1, 0.15) is 0 Å². The van der Waals surface area contributed by atoms with Crippen LogP contribution in [0.2, 0.25) is 0 Å². The van der Waals surface area contributed by atoms with E-state index in [4.69, 9.17) is 5.11 Å². The lowest BCUT2D eigenvalue weighted by atomic mass is 10.2. The minimum Gasteiger partial charge on any atom is -0.481 e. The zero-order chi connectivity index (χ0) is 12.3. The molecule has 0 atom stereocenters. The van der Waals surface area contributed by atoms with E-state index in [0.29, 0.717) is 0 Å². The van der Waals surface area contributed by atoms with Crippen LogP contribution in [0, 0.1) is 0 Å². The van der Waals surface area contributed by atoms with E-state index in [1.165, 1.54) is 0 Å². The number of carboxylic acid groups (broad SMARTS) is 1. The minimum atomic E-state index is -0.810. The number of carbonyl (C=O) groups is 1. The van der Waals surface area contributed by atoms with E-state index in [-0.39, 0.29) is 6.42 Å². The van der Waals surface area contributed by atoms with Gasteiger partial charge in [-0.1, -0.05) is 0 Å². The van der Waals surface area contributed by atoms with Crippen molar-refractivity contribution in [2.24, 2.45) is 0 Å². The van der Waals surface area contributed by atoms with Crippen LogP contribution >= 0.6 is 11.3 Å². The highest BCUT2D eigenvalue weighted by molar-refractivity contribution is 7.09. The average Bonchev–Trinajstić information content (AvgIpc) is 2.68. The van der Waals surface area contributed by atoms with Crippen LogP contribution in [-0.2, 0) is 17.8 Å². The Hall–Kier alpha value is -0.980. The SMILES string of the molecule is CN1CCN(Cc2scnc2CC(=O)O)CC1. The highest BCUT2D eigenvalue weighted by atomic mass is 32.1. The summed E-state index contributed by atoms with van der Waals surface area (Å²) in [5, 5.41) is 8.79. The van der Waals surface area contributed by atoms with Crippen molar-refractivity contribution in [2.75, 3.05) is 33.2 Å². The quantitative estimate of drug-likeness (QED) is 0.850. The largest absolute Gasteiger partial charge is 0.481 e. The van der Waals surface area contributed by atoms with Crippen molar-refractivity contribution in [3.63, 3.8) is 0 Å². The number of carboxylic acids is 1. The summed E-state index contributed by atoms with van der Waals surface area (Å²) in [6.07, 6.45) is 0.0343. The molecular weight excluding hydrogens is 238 g/mol. The number of aliphatic carboxylic acids is 1. The van der Waals surface area contributed by atoms with Crippen molar-refractivity contribution >= 4 is 17.3 Å². The summed E-state index contributed by atoms with van der Waals surface area (Å²) in [5.41, 5.74) is 2.46. The maximum absolute atomic E-state index is 10.7. The van der Waals surface area contributed by atoms with Gasteiger partial charge in [-0.2, -0.15) is 0 Å². The smallest absolute Gasteiger partial charge is 0.309 e. The number of piperazine rings is 1. The molecule has 0 aliphatic carbocycles. The standard InChI is InChI=1S/C11H17N3O2S/c1-13-2-4-14(5-3-13)7-10-9(6-11(15)16)12-8-17-10/h8H,2-7H2,1H3,(H,15,16). The van der Waals surface area contributed by atoms with Crippen molar-refractivity contribution in [1.29, 1.82) is 0 Å². The highest BCUT2D eigenvalue weighted by Crippen LogP contribution is 2.17. The Kier molecular flexibility index (Phi) is 4.09. The Labute approximate surface area is 105 Å². The van der Waals surface area contributed by atoms with Crippen molar-refractivity contribution in [3.8, 4) is 0 Å². The fourth-order valence-corrected chi connectivity index (χ4v) is 2.74. The molecule has 1 aromatic rings. The molecule has 5 nitrogen and oxygen atoms in total. The molecular formula is C11H17N3O2S. The topological polar surface area (TPSA) is 56.7 Å². The second-order valence-corrected chi connectivity index (χ2v) is 5.31. The Morgan fingerprint density at radius 3 is 2.82 bits per heavy atom. The van der Waals surface area contributed by atoms with Gasteiger partial charge >= 0.3 is 5.97 Å². The molecule has 2 heterocycles. The van der Waals surface area contributed by atoms with E-state index in [2.05, 4.69) is 21.8 Å². The van der Waals surface area contributed by atoms with Gasteiger partial charge in [0, 0.05) is 37.6 Å². The number of likely N-dealkylation sites (N-methyl/N-ethyl adjacent to an activating group) is 1. The molecule has 94 valence electrons. The first-order chi connectivity index (χ1) is 8.15. The molecule has 17 heavy (non-hydrogen) atoms. The molecule has 0 amide bonds. The van der Waals surface area contributed by atoms with Gasteiger partial charge in [-0.3, -0.25) is 9.69 Å². The first-order valence-corrected chi connectivity index (χ1v) is 6.57. The summed E-state index contributed by atoms with van der Waals surface area (Å²) in [6, 6.07) is 0. The summed E-state index contributed by atoms with van der Waals surface area (Å²) in [7, 11) is 2.12. The number of aromatic nitrogens is 1. The first kappa shape index (κ1) is 12.5. The Balaban J connectivity index is 1.94. The molecule has 0 unspecified atom stereocenters. The molecule has 1 N–H and O–H groups in total. The molecule has 1 aliphatic heterocycles. The number of nitrogens with zero attached hydrogens (tertiary/aromatic N) is 3. The molecule has 1 aliphatic rings. The number of hydrogen-bond acceptors (Lipinski definition) is 5. The monoisotopic (exact) mass is 255 g/mol. The van der Waals surface area contributed by atoms with Crippen molar-refractivity contribution in [1.82, 2.24) is 14.8 Å². The number of thiazole rings is 1. The zero-order valence-electron chi connectivity index (χ0n) is 9.93. The fourth-order valence-electron chi connectivity index (χ4n) is 1.92. The Bertz CT molecular complexity index is 386. The molecule has 1 fully saturated rings. The predicted molar refractivity (Wildman–Crippen MR) is 66.2 cm³/mol. The summed E-state index contributed by atoms with van der Waals surface area (Å²) in [6.45, 7) is 5.07. The van der Waals surface area contributed by atoms with E-state index in [1.807, 2.05) is 0 Å². The van der Waals surface area contributed by atoms with Crippen LogP contribution < -0.4 is 0 Å². The van der Waals surface area contributed by atoms with Crippen LogP contribution in [0.3, 0.4) is 0 Å². The van der Waals surface area contributed by atoms with Crippen LogP contribution in [-0.4, -0.2) is 59.1 Å². The van der Waals surface area contributed by atoms with E-state index in [1.54, 1.807) is 16.8 Å². The van der Waals surface area contributed by atoms with E-state index >= 15 is 0 Å². The molecule has 6 heteroatoms. The third-order valence-electron chi connectivity index (χ3n) is 3.01. The maximum atomic E-state index is 10.7. The zero-order valence-corrected chi connectivity index (χ0v) is 10.7. The third kappa shape index (κ3) is 3.49. The second-order valence-electron chi connectivity index (χ2n) is 4.37. The normalized spacial score (nSPS) is 18.4. The van der Waals surface area contributed by atoms with E-state index < -0.39 is 5.97 Å². The van der Waals surface area contributed by atoms with Crippen molar-refractivity contribution in [3.05, 3.63) is 16.1 Å². The fraction of sp³-hybridized carbons (Fsp3) is 0.636. The van der Waals surface area contributed by atoms with Gasteiger partial charge in [-0.15, -0.1) is 11.3 Å². The van der Waals surface area contributed by atoms with Crippen LogP contribution in [0.1, 0.15) is 10.6 Å². The van der Waals surface area contributed by atoms with Crippen LogP contribution in [0.4, 0.5) is 0 Å². The van der Waals surface area contributed by atoms with Crippen LogP contribution in [0.5, 0.6) is 0 Å². The summed E-state index contributed by atoms with van der Waals surface area (Å²) < 4.78 is 0. The van der Waals surface area contributed by atoms with E-state index in [0.717, 1.165) is 43.3 Å². The third-order valence-corrected chi connectivity index (χ3v) is 3.87. The van der Waals surface area contributed by atoms with Gasteiger partial charge < -0.3 is 10.0 Å². The average molecular weight is 255 g/mol. The Morgan fingerprint density at radius 1 is 1.47 bits per heavy atom. The lowest BCUT2D eigenvalue weighted by Crippen LogP contribution is -2.43. The lowest BCUT2D eigenvalue weighted by Gasteiger charge is -2.32. The molecule has 2 rings (SSSR count). The predicted octanol–water partition coefficient (Wildman–Crippen LogP) is 0.518. The Morgan fingerprint density at radius 2 is 2.18 bits per heavy atom. The van der Waals surface area contributed by atoms with Gasteiger partial charge in [-0.05, 0) is 7.05 Å². The molecule has 0 aromatic carbocycles. The highest BCUT2D eigenvalue weighted by Gasteiger charge is 2.17. The molecule has 1 aromatic heterocycles. The lowest BCUT2D eigenvalue weighted by molar-refractivity contribution is -0.136. The van der Waals surface area contributed by atoms with Crippen molar-refractivity contribution < 1.29 is 9.90 Å². The first-order valence-electron chi connectivity index (χ1n) is 5.69. The summed E-state index contributed by atoms with van der Waals surface area (Å²) in [4.78, 5) is 20.6. The number of rotatable bonds is 4. The molecule has 1 saturated heterocycles. The van der Waals surface area contributed by atoms with Gasteiger partial charge in [0.15, 0.2) is 0 Å². The second kappa shape index (κ2) is 5.57. The van der Waals surface area contributed by atoms with Gasteiger partial charge in [-0.25, -0.2) is 4.98 Å². The van der Waals surface area contributed by atoms with Crippen LogP contribution in [0.25, 0.3) is 0 Å². The molecule has 0 bridgehead atoms.